The summed E-state index contributed by atoms with van der Waals surface area (Å²) in [4.78, 5) is 25.4. The van der Waals surface area contributed by atoms with E-state index in [-0.39, 0.29) is 0 Å². The summed E-state index contributed by atoms with van der Waals surface area (Å²) in [5.41, 5.74) is 0. The highest BCUT2D eigenvalue weighted by molar-refractivity contribution is 5.76. The molecule has 0 radical (unpaired) electrons. The highest BCUT2D eigenvalue weighted by Gasteiger charge is 2.40. The second kappa shape index (κ2) is 5.86. The number of anilines is 1. The van der Waals surface area contributed by atoms with Gasteiger partial charge in [0.2, 0.25) is 11.9 Å². The molecule has 0 aromatic carbocycles. The molecule has 5 heteroatoms. The Kier molecular flexibility index (Phi) is 3.72. The zero-order valence-corrected chi connectivity index (χ0v) is 13.0. The first-order chi connectivity index (χ1) is 10.8. The fourth-order valence-electron chi connectivity index (χ4n) is 4.59. The SMILES string of the molecule is O=C(C[C@H]1C[C@@H]2CC[C@@H]1C2)N1CCN(c2ncccn2)CC1. The van der Waals surface area contributed by atoms with Gasteiger partial charge in [0.1, 0.15) is 0 Å². The van der Waals surface area contributed by atoms with Crippen LogP contribution < -0.4 is 4.90 Å². The van der Waals surface area contributed by atoms with Gasteiger partial charge in [-0.25, -0.2) is 9.97 Å². The molecule has 0 spiro atoms. The van der Waals surface area contributed by atoms with Gasteiger partial charge in [0.15, 0.2) is 0 Å². The van der Waals surface area contributed by atoms with Gasteiger partial charge in [0, 0.05) is 45.0 Å². The Morgan fingerprint density at radius 1 is 1.09 bits per heavy atom. The predicted octanol–water partition coefficient (Wildman–Crippen LogP) is 1.95. The van der Waals surface area contributed by atoms with Gasteiger partial charge in [-0.1, -0.05) is 6.42 Å². The molecule has 5 nitrogen and oxygen atoms in total. The molecule has 0 unspecified atom stereocenters. The summed E-state index contributed by atoms with van der Waals surface area (Å²) in [6.07, 6.45) is 9.78. The fraction of sp³-hybridized carbons (Fsp3) is 0.706. The lowest BCUT2D eigenvalue weighted by Crippen LogP contribution is -2.49. The number of rotatable bonds is 3. The number of fused-ring (bicyclic) bond motifs is 2. The first-order valence-corrected chi connectivity index (χ1v) is 8.59. The van der Waals surface area contributed by atoms with E-state index in [0.717, 1.165) is 50.4 Å². The van der Waals surface area contributed by atoms with E-state index >= 15 is 0 Å². The molecular formula is C17H24N4O. The molecule has 2 saturated carbocycles. The average molecular weight is 300 g/mol. The van der Waals surface area contributed by atoms with Crippen LogP contribution in [0.2, 0.25) is 0 Å². The minimum atomic E-state index is 0.367. The maximum absolute atomic E-state index is 12.5. The summed E-state index contributed by atoms with van der Waals surface area (Å²) in [5.74, 6) is 3.58. The van der Waals surface area contributed by atoms with E-state index in [4.69, 9.17) is 0 Å². The van der Waals surface area contributed by atoms with Crippen molar-refractivity contribution in [1.29, 1.82) is 0 Å². The van der Waals surface area contributed by atoms with Crippen molar-refractivity contribution in [2.75, 3.05) is 31.1 Å². The van der Waals surface area contributed by atoms with Crippen molar-refractivity contribution in [3.05, 3.63) is 18.5 Å². The van der Waals surface area contributed by atoms with E-state index in [9.17, 15) is 4.79 Å². The summed E-state index contributed by atoms with van der Waals surface area (Å²) >= 11 is 0. The summed E-state index contributed by atoms with van der Waals surface area (Å²) < 4.78 is 0. The Balaban J connectivity index is 1.29. The third kappa shape index (κ3) is 2.69. The summed E-state index contributed by atoms with van der Waals surface area (Å²) in [6.45, 7) is 3.29. The van der Waals surface area contributed by atoms with E-state index in [1.54, 1.807) is 12.4 Å². The van der Waals surface area contributed by atoms with Crippen molar-refractivity contribution in [3.8, 4) is 0 Å². The van der Waals surface area contributed by atoms with Gasteiger partial charge in [0.25, 0.3) is 0 Å². The largest absolute Gasteiger partial charge is 0.339 e. The van der Waals surface area contributed by atoms with E-state index in [0.29, 0.717) is 11.8 Å². The first kappa shape index (κ1) is 14.0. The number of carbonyl (C=O) groups excluding carboxylic acids is 1. The van der Waals surface area contributed by atoms with Crippen LogP contribution in [0.5, 0.6) is 0 Å². The number of aromatic nitrogens is 2. The van der Waals surface area contributed by atoms with Gasteiger partial charge in [-0.2, -0.15) is 0 Å². The highest BCUT2D eigenvalue weighted by Crippen LogP contribution is 2.49. The average Bonchev–Trinajstić information content (AvgIpc) is 3.19. The smallest absolute Gasteiger partial charge is 0.225 e. The molecule has 2 aliphatic carbocycles. The van der Waals surface area contributed by atoms with Gasteiger partial charge in [-0.3, -0.25) is 4.79 Å². The Bertz CT molecular complexity index is 527. The number of piperazine rings is 1. The van der Waals surface area contributed by atoms with Crippen molar-refractivity contribution < 1.29 is 4.79 Å². The van der Waals surface area contributed by atoms with Crippen LogP contribution in [0.3, 0.4) is 0 Å². The standard InChI is InChI=1S/C17H24N4O/c22-16(12-15-11-13-2-3-14(15)10-13)20-6-8-21(9-7-20)17-18-4-1-5-19-17/h1,4-5,13-15H,2-3,6-12H2/t13-,14-,15-/m1/s1. The Hall–Kier alpha value is -1.65. The lowest BCUT2D eigenvalue weighted by Gasteiger charge is -2.35. The molecule has 1 saturated heterocycles. The second-order valence-corrected chi connectivity index (χ2v) is 7.06. The van der Waals surface area contributed by atoms with Gasteiger partial charge in [0.05, 0.1) is 0 Å². The van der Waals surface area contributed by atoms with Gasteiger partial charge in [-0.05, 0) is 43.1 Å². The lowest BCUT2D eigenvalue weighted by molar-refractivity contribution is -0.132. The van der Waals surface area contributed by atoms with E-state index < -0.39 is 0 Å². The van der Waals surface area contributed by atoms with Crippen molar-refractivity contribution >= 4 is 11.9 Å². The molecule has 1 aliphatic heterocycles. The van der Waals surface area contributed by atoms with Crippen molar-refractivity contribution in [2.45, 2.75) is 32.1 Å². The molecule has 3 aliphatic rings. The summed E-state index contributed by atoms with van der Waals surface area (Å²) in [5, 5.41) is 0. The quantitative estimate of drug-likeness (QED) is 0.856. The number of nitrogens with zero attached hydrogens (tertiary/aromatic N) is 4. The van der Waals surface area contributed by atoms with Crippen molar-refractivity contribution in [2.24, 2.45) is 17.8 Å². The van der Waals surface area contributed by atoms with Gasteiger partial charge in [-0.15, -0.1) is 0 Å². The molecule has 118 valence electrons. The lowest BCUT2D eigenvalue weighted by atomic mass is 9.86. The van der Waals surface area contributed by atoms with Crippen LogP contribution in [0.1, 0.15) is 32.1 Å². The third-order valence-corrected chi connectivity index (χ3v) is 5.79. The third-order valence-electron chi connectivity index (χ3n) is 5.79. The first-order valence-electron chi connectivity index (χ1n) is 8.59. The van der Waals surface area contributed by atoms with Gasteiger partial charge < -0.3 is 9.80 Å². The molecule has 3 fully saturated rings. The monoisotopic (exact) mass is 300 g/mol. The zero-order chi connectivity index (χ0) is 14.9. The molecular weight excluding hydrogens is 276 g/mol. The van der Waals surface area contributed by atoms with Crippen LogP contribution in [-0.2, 0) is 4.79 Å². The minimum Gasteiger partial charge on any atom is -0.339 e. The van der Waals surface area contributed by atoms with E-state index in [2.05, 4.69) is 14.9 Å². The van der Waals surface area contributed by atoms with Crippen LogP contribution in [0.25, 0.3) is 0 Å². The maximum atomic E-state index is 12.5. The number of amides is 1. The van der Waals surface area contributed by atoms with Crippen molar-refractivity contribution in [1.82, 2.24) is 14.9 Å². The molecule has 1 aromatic rings. The van der Waals surface area contributed by atoms with Crippen LogP contribution in [0, 0.1) is 17.8 Å². The number of hydrogen-bond acceptors (Lipinski definition) is 4. The molecule has 1 aromatic heterocycles. The molecule has 3 atom stereocenters. The molecule has 1 amide bonds. The van der Waals surface area contributed by atoms with E-state index in [1.807, 2.05) is 11.0 Å². The highest BCUT2D eigenvalue weighted by atomic mass is 16.2. The molecule has 2 heterocycles. The van der Waals surface area contributed by atoms with Crippen LogP contribution in [0.4, 0.5) is 5.95 Å². The number of hydrogen-bond donors (Lipinski definition) is 0. The molecule has 4 rings (SSSR count). The van der Waals surface area contributed by atoms with Crippen molar-refractivity contribution in [3.63, 3.8) is 0 Å². The maximum Gasteiger partial charge on any atom is 0.225 e. The summed E-state index contributed by atoms with van der Waals surface area (Å²) in [6, 6.07) is 1.83. The van der Waals surface area contributed by atoms with Crippen LogP contribution >= 0.6 is 0 Å². The Morgan fingerprint density at radius 2 is 1.86 bits per heavy atom. The van der Waals surface area contributed by atoms with Gasteiger partial charge >= 0.3 is 0 Å². The normalized spacial score (nSPS) is 30.8. The summed E-state index contributed by atoms with van der Waals surface area (Å²) in [7, 11) is 0. The number of carbonyl (C=O) groups is 1. The second-order valence-electron chi connectivity index (χ2n) is 7.06. The van der Waals surface area contributed by atoms with Crippen LogP contribution in [-0.4, -0.2) is 47.0 Å². The molecule has 0 N–H and O–H groups in total. The fourth-order valence-corrected chi connectivity index (χ4v) is 4.59. The minimum absolute atomic E-state index is 0.367. The van der Waals surface area contributed by atoms with E-state index in [1.165, 1.54) is 25.7 Å². The Labute approximate surface area is 131 Å². The van der Waals surface area contributed by atoms with Crippen LogP contribution in [0.15, 0.2) is 18.5 Å². The zero-order valence-electron chi connectivity index (χ0n) is 13.0. The Morgan fingerprint density at radius 3 is 2.50 bits per heavy atom. The predicted molar refractivity (Wildman–Crippen MR) is 84.4 cm³/mol. The molecule has 2 bridgehead atoms. The molecule has 22 heavy (non-hydrogen) atoms. The topological polar surface area (TPSA) is 49.3 Å².